The summed E-state index contributed by atoms with van der Waals surface area (Å²) in [5.41, 5.74) is 2.56. The minimum absolute atomic E-state index is 0.923. The van der Waals surface area contributed by atoms with E-state index in [2.05, 4.69) is 53.7 Å². The van der Waals surface area contributed by atoms with Gasteiger partial charge in [0.25, 0.3) is 0 Å². The van der Waals surface area contributed by atoms with Crippen molar-refractivity contribution >= 4 is 5.69 Å². The van der Waals surface area contributed by atoms with Crippen molar-refractivity contribution in [2.45, 2.75) is 19.5 Å². The van der Waals surface area contributed by atoms with E-state index < -0.39 is 0 Å². The average molecular weight is 258 g/mol. The molecule has 19 heavy (non-hydrogen) atoms. The molecule has 0 aliphatic carbocycles. The molecule has 102 valence electrons. The van der Waals surface area contributed by atoms with E-state index in [0.717, 1.165) is 26.1 Å². The second-order valence-electron chi connectivity index (χ2n) is 4.86. The van der Waals surface area contributed by atoms with Crippen molar-refractivity contribution in [3.05, 3.63) is 48.3 Å². The van der Waals surface area contributed by atoms with Crippen LogP contribution in [-0.2, 0) is 13.1 Å². The van der Waals surface area contributed by atoms with Crippen LogP contribution in [0.15, 0.2) is 42.7 Å². The van der Waals surface area contributed by atoms with Crippen molar-refractivity contribution in [2.75, 3.05) is 25.5 Å². The quantitative estimate of drug-likeness (QED) is 0.772. The van der Waals surface area contributed by atoms with Gasteiger partial charge in [0.2, 0.25) is 0 Å². The largest absolute Gasteiger partial charge is 0.378 e. The Balaban J connectivity index is 1.65. The summed E-state index contributed by atoms with van der Waals surface area (Å²) in [7, 11) is 4.12. The predicted molar refractivity (Wildman–Crippen MR) is 79.3 cm³/mol. The number of hydrogen-bond donors (Lipinski definition) is 1. The number of aromatic nitrogens is 2. The van der Waals surface area contributed by atoms with E-state index in [9.17, 15) is 0 Å². The zero-order chi connectivity index (χ0) is 13.5. The molecule has 1 aromatic heterocycles. The highest BCUT2D eigenvalue weighted by Crippen LogP contribution is 2.11. The summed E-state index contributed by atoms with van der Waals surface area (Å²) in [4.78, 5) is 2.11. The molecule has 4 heteroatoms. The summed E-state index contributed by atoms with van der Waals surface area (Å²) in [5, 5.41) is 7.64. The highest BCUT2D eigenvalue weighted by molar-refractivity contribution is 5.45. The van der Waals surface area contributed by atoms with E-state index in [1.807, 2.05) is 23.1 Å². The molecule has 0 aliphatic heterocycles. The molecule has 1 heterocycles. The number of rotatable bonds is 7. The normalized spacial score (nSPS) is 10.6. The summed E-state index contributed by atoms with van der Waals surface area (Å²) in [6, 6.07) is 10.6. The third-order valence-corrected chi connectivity index (χ3v) is 3.08. The Bertz CT molecular complexity index is 459. The zero-order valence-corrected chi connectivity index (χ0v) is 11.7. The number of nitrogens with zero attached hydrogens (tertiary/aromatic N) is 3. The Hall–Kier alpha value is -1.81. The molecule has 0 saturated heterocycles. The second kappa shape index (κ2) is 6.95. The highest BCUT2D eigenvalue weighted by atomic mass is 15.3. The zero-order valence-electron chi connectivity index (χ0n) is 11.7. The van der Waals surface area contributed by atoms with E-state index in [-0.39, 0.29) is 0 Å². The molecule has 1 N–H and O–H groups in total. The maximum Gasteiger partial charge on any atom is 0.0489 e. The van der Waals surface area contributed by atoms with Gasteiger partial charge in [-0.15, -0.1) is 0 Å². The summed E-state index contributed by atoms with van der Waals surface area (Å²) in [5.74, 6) is 0. The number of benzene rings is 1. The van der Waals surface area contributed by atoms with Gasteiger partial charge >= 0.3 is 0 Å². The van der Waals surface area contributed by atoms with Crippen molar-refractivity contribution < 1.29 is 0 Å². The minimum atomic E-state index is 0.923. The van der Waals surface area contributed by atoms with E-state index >= 15 is 0 Å². The van der Waals surface area contributed by atoms with Crippen LogP contribution in [0.4, 0.5) is 5.69 Å². The lowest BCUT2D eigenvalue weighted by Crippen LogP contribution is -2.16. The van der Waals surface area contributed by atoms with Crippen LogP contribution in [0, 0.1) is 0 Å². The lowest BCUT2D eigenvalue weighted by atomic mass is 10.2. The average Bonchev–Trinajstić information content (AvgIpc) is 2.92. The summed E-state index contributed by atoms with van der Waals surface area (Å²) in [6.45, 7) is 2.90. The smallest absolute Gasteiger partial charge is 0.0489 e. The first-order valence-corrected chi connectivity index (χ1v) is 6.70. The van der Waals surface area contributed by atoms with Gasteiger partial charge in [-0.1, -0.05) is 12.1 Å². The van der Waals surface area contributed by atoms with Crippen molar-refractivity contribution in [3.63, 3.8) is 0 Å². The molecule has 2 aromatic rings. The van der Waals surface area contributed by atoms with Crippen LogP contribution in [0.5, 0.6) is 0 Å². The Kier molecular flexibility index (Phi) is 4.98. The van der Waals surface area contributed by atoms with Gasteiger partial charge in [0.05, 0.1) is 0 Å². The molecule has 0 saturated carbocycles. The Morgan fingerprint density at radius 1 is 1.21 bits per heavy atom. The topological polar surface area (TPSA) is 33.1 Å². The summed E-state index contributed by atoms with van der Waals surface area (Å²) in [6.07, 6.45) is 4.91. The molecule has 0 spiro atoms. The van der Waals surface area contributed by atoms with Gasteiger partial charge in [0.1, 0.15) is 0 Å². The van der Waals surface area contributed by atoms with Crippen LogP contribution in [0.2, 0.25) is 0 Å². The van der Waals surface area contributed by atoms with Gasteiger partial charge in [-0.25, -0.2) is 0 Å². The highest BCUT2D eigenvalue weighted by Gasteiger charge is 1.96. The first-order chi connectivity index (χ1) is 9.25. The molecule has 0 atom stereocenters. The minimum Gasteiger partial charge on any atom is -0.378 e. The van der Waals surface area contributed by atoms with Crippen molar-refractivity contribution in [2.24, 2.45) is 0 Å². The van der Waals surface area contributed by atoms with E-state index in [4.69, 9.17) is 0 Å². The van der Waals surface area contributed by atoms with Crippen LogP contribution in [0.25, 0.3) is 0 Å². The lowest BCUT2D eigenvalue weighted by Gasteiger charge is -2.12. The third kappa shape index (κ3) is 4.41. The molecule has 0 radical (unpaired) electrons. The first-order valence-electron chi connectivity index (χ1n) is 6.70. The number of anilines is 1. The molecule has 0 amide bonds. The third-order valence-electron chi connectivity index (χ3n) is 3.08. The van der Waals surface area contributed by atoms with Gasteiger partial charge < -0.3 is 10.2 Å². The van der Waals surface area contributed by atoms with Crippen LogP contribution in [0.3, 0.4) is 0 Å². The van der Waals surface area contributed by atoms with Crippen LogP contribution in [-0.4, -0.2) is 30.4 Å². The van der Waals surface area contributed by atoms with E-state index in [1.54, 1.807) is 0 Å². The molecule has 1 aromatic carbocycles. The fourth-order valence-electron chi connectivity index (χ4n) is 1.94. The molecule has 0 fully saturated rings. The predicted octanol–water partition coefficient (Wildman–Crippen LogP) is 2.13. The van der Waals surface area contributed by atoms with E-state index in [1.165, 1.54) is 11.3 Å². The monoisotopic (exact) mass is 258 g/mol. The standard InChI is InChI=1S/C15H22N4/c1-18(2)15-7-5-14(6-8-15)13-16-9-3-11-19-12-4-10-17-19/h4-8,10,12,16H,3,9,11,13H2,1-2H3. The second-order valence-corrected chi connectivity index (χ2v) is 4.86. The Labute approximate surface area is 115 Å². The molecule has 2 rings (SSSR count). The molecule has 0 aliphatic rings. The summed E-state index contributed by atoms with van der Waals surface area (Å²) >= 11 is 0. The van der Waals surface area contributed by atoms with Gasteiger partial charge in [0.15, 0.2) is 0 Å². The molecule has 0 bridgehead atoms. The molecular formula is C15H22N4. The Morgan fingerprint density at radius 2 is 2.00 bits per heavy atom. The van der Waals surface area contributed by atoms with Crippen molar-refractivity contribution in [1.29, 1.82) is 0 Å². The van der Waals surface area contributed by atoms with Crippen LogP contribution < -0.4 is 10.2 Å². The Morgan fingerprint density at radius 3 is 2.63 bits per heavy atom. The van der Waals surface area contributed by atoms with Crippen LogP contribution in [0.1, 0.15) is 12.0 Å². The van der Waals surface area contributed by atoms with Gasteiger partial charge in [-0.3, -0.25) is 4.68 Å². The summed E-state index contributed by atoms with van der Waals surface area (Å²) < 4.78 is 1.97. The number of hydrogen-bond acceptors (Lipinski definition) is 3. The molecule has 4 nitrogen and oxygen atoms in total. The maximum absolute atomic E-state index is 4.18. The fourth-order valence-corrected chi connectivity index (χ4v) is 1.94. The van der Waals surface area contributed by atoms with Gasteiger partial charge in [-0.05, 0) is 36.7 Å². The fraction of sp³-hybridized carbons (Fsp3) is 0.400. The SMILES string of the molecule is CN(C)c1ccc(CNCCCn2cccn2)cc1. The van der Waals surface area contributed by atoms with Gasteiger partial charge in [-0.2, -0.15) is 5.10 Å². The van der Waals surface area contributed by atoms with E-state index in [0.29, 0.717) is 0 Å². The van der Waals surface area contributed by atoms with Crippen LogP contribution >= 0.6 is 0 Å². The number of nitrogens with one attached hydrogen (secondary N) is 1. The number of aryl methyl sites for hydroxylation is 1. The van der Waals surface area contributed by atoms with Crippen molar-refractivity contribution in [1.82, 2.24) is 15.1 Å². The first kappa shape index (κ1) is 13.6. The molecular weight excluding hydrogens is 236 g/mol. The van der Waals surface area contributed by atoms with Gasteiger partial charge in [0, 0.05) is 45.3 Å². The van der Waals surface area contributed by atoms with Crippen molar-refractivity contribution in [3.8, 4) is 0 Å². The maximum atomic E-state index is 4.18. The lowest BCUT2D eigenvalue weighted by molar-refractivity contribution is 0.543. The molecule has 0 unspecified atom stereocenters.